The van der Waals surface area contributed by atoms with Gasteiger partial charge < -0.3 is 10.0 Å². The Morgan fingerprint density at radius 1 is 1.12 bits per heavy atom. The molecule has 0 bridgehead atoms. The van der Waals surface area contributed by atoms with E-state index in [1.165, 1.54) is 0 Å². The number of carboxylic acid groups (broad SMARTS) is 1. The van der Waals surface area contributed by atoms with Crippen LogP contribution in [0.25, 0.3) is 0 Å². The lowest BCUT2D eigenvalue weighted by molar-refractivity contribution is -0.151. The van der Waals surface area contributed by atoms with Gasteiger partial charge in [-0.25, -0.2) is 0 Å². The number of likely N-dealkylation sites (tertiary alicyclic amines) is 2. The fourth-order valence-electron chi connectivity index (χ4n) is 2.62. The van der Waals surface area contributed by atoms with E-state index in [0.717, 1.165) is 38.9 Å². The first-order chi connectivity index (χ1) is 7.59. The maximum atomic E-state index is 11.1. The summed E-state index contributed by atoms with van der Waals surface area (Å²) in [6, 6.07) is 0.0688. The highest BCUT2D eigenvalue weighted by molar-refractivity contribution is 5.74. The van der Waals surface area contributed by atoms with Crippen LogP contribution in [0.2, 0.25) is 0 Å². The smallest absolute Gasteiger partial charge is 0.320 e. The average Bonchev–Trinajstić information content (AvgIpc) is 2.15. The molecular weight excluding hydrogens is 208 g/mol. The molecule has 0 spiro atoms. The maximum absolute atomic E-state index is 11.1. The lowest BCUT2D eigenvalue weighted by Crippen LogP contribution is -2.59. The quantitative estimate of drug-likeness (QED) is 0.728. The number of piperidine rings is 1. The average molecular weight is 226 g/mol. The zero-order valence-corrected chi connectivity index (χ0v) is 9.56. The summed E-state index contributed by atoms with van der Waals surface area (Å²) in [5, 5.41) is 8.97. The van der Waals surface area contributed by atoms with E-state index >= 15 is 0 Å². The Morgan fingerprint density at radius 2 is 1.75 bits per heavy atom. The fraction of sp³-hybridized carbons (Fsp3) is 0.818. The second-order valence-electron chi connectivity index (χ2n) is 4.62. The lowest BCUT2D eigenvalue weighted by atomic mass is 9.94. The summed E-state index contributed by atoms with van der Waals surface area (Å²) in [7, 11) is 0. The minimum Gasteiger partial charge on any atom is -0.480 e. The molecule has 0 saturated carbocycles. The van der Waals surface area contributed by atoms with Crippen LogP contribution in [0.1, 0.15) is 26.2 Å². The van der Waals surface area contributed by atoms with E-state index in [9.17, 15) is 9.59 Å². The molecule has 1 unspecified atom stereocenters. The number of hydrogen-bond donors (Lipinski definition) is 1. The molecule has 2 fully saturated rings. The predicted octanol–water partition coefficient (Wildman–Crippen LogP) is 0.156. The standard InChI is InChI=1S/C11H18N2O3/c1-8(14)12-5-2-9(3-6-12)13-7-4-10(13)11(15)16/h9-10H,2-7H2,1H3,(H,15,16). The van der Waals surface area contributed by atoms with E-state index in [2.05, 4.69) is 4.90 Å². The molecule has 0 aromatic heterocycles. The van der Waals surface area contributed by atoms with Crippen molar-refractivity contribution in [1.29, 1.82) is 0 Å². The van der Waals surface area contributed by atoms with E-state index in [4.69, 9.17) is 5.11 Å². The van der Waals surface area contributed by atoms with Gasteiger partial charge in [-0.2, -0.15) is 0 Å². The molecule has 1 amide bonds. The zero-order valence-electron chi connectivity index (χ0n) is 9.56. The van der Waals surface area contributed by atoms with Crippen LogP contribution in [0.3, 0.4) is 0 Å². The molecular formula is C11H18N2O3. The van der Waals surface area contributed by atoms with Gasteiger partial charge in [0.1, 0.15) is 6.04 Å². The highest BCUT2D eigenvalue weighted by Gasteiger charge is 2.39. The van der Waals surface area contributed by atoms with E-state index in [-0.39, 0.29) is 11.9 Å². The van der Waals surface area contributed by atoms with Gasteiger partial charge in [-0.3, -0.25) is 14.5 Å². The van der Waals surface area contributed by atoms with Crippen molar-refractivity contribution in [2.75, 3.05) is 19.6 Å². The first-order valence-corrected chi connectivity index (χ1v) is 5.83. The molecule has 1 N–H and O–H groups in total. The molecule has 2 rings (SSSR count). The van der Waals surface area contributed by atoms with Crippen molar-refractivity contribution in [3.8, 4) is 0 Å². The van der Waals surface area contributed by atoms with Gasteiger partial charge in [0.2, 0.25) is 5.91 Å². The lowest BCUT2D eigenvalue weighted by Gasteiger charge is -2.46. The predicted molar refractivity (Wildman–Crippen MR) is 58.0 cm³/mol. The molecule has 2 saturated heterocycles. The second kappa shape index (κ2) is 4.41. The monoisotopic (exact) mass is 226 g/mol. The van der Waals surface area contributed by atoms with Crippen molar-refractivity contribution in [2.45, 2.75) is 38.3 Å². The van der Waals surface area contributed by atoms with E-state index in [1.807, 2.05) is 4.90 Å². The summed E-state index contributed by atoms with van der Waals surface area (Å²) in [5.41, 5.74) is 0. The van der Waals surface area contributed by atoms with Crippen molar-refractivity contribution in [1.82, 2.24) is 9.80 Å². The summed E-state index contributed by atoms with van der Waals surface area (Å²) in [6.07, 6.45) is 2.58. The van der Waals surface area contributed by atoms with Gasteiger partial charge in [0, 0.05) is 32.6 Å². The van der Waals surface area contributed by atoms with E-state index in [1.54, 1.807) is 6.92 Å². The van der Waals surface area contributed by atoms with Crippen molar-refractivity contribution >= 4 is 11.9 Å². The van der Waals surface area contributed by atoms with Crippen molar-refractivity contribution < 1.29 is 14.7 Å². The third kappa shape index (κ3) is 2.04. The zero-order chi connectivity index (χ0) is 11.7. The molecule has 16 heavy (non-hydrogen) atoms. The highest BCUT2D eigenvalue weighted by atomic mass is 16.4. The number of carbonyl (C=O) groups is 2. The van der Waals surface area contributed by atoms with Gasteiger partial charge in [0.25, 0.3) is 0 Å². The molecule has 1 atom stereocenters. The Labute approximate surface area is 95.0 Å². The van der Waals surface area contributed by atoms with Crippen molar-refractivity contribution in [3.63, 3.8) is 0 Å². The minimum absolute atomic E-state index is 0.122. The summed E-state index contributed by atoms with van der Waals surface area (Å²) >= 11 is 0. The molecule has 0 aliphatic carbocycles. The number of nitrogens with zero attached hydrogens (tertiary/aromatic N) is 2. The topological polar surface area (TPSA) is 60.9 Å². The van der Waals surface area contributed by atoms with Gasteiger partial charge >= 0.3 is 5.97 Å². The fourth-order valence-corrected chi connectivity index (χ4v) is 2.62. The van der Waals surface area contributed by atoms with Crippen LogP contribution < -0.4 is 0 Å². The Balaban J connectivity index is 1.85. The number of hydrogen-bond acceptors (Lipinski definition) is 3. The van der Waals surface area contributed by atoms with Crippen molar-refractivity contribution in [2.24, 2.45) is 0 Å². The number of carboxylic acids is 1. The van der Waals surface area contributed by atoms with E-state index in [0.29, 0.717) is 6.04 Å². The first kappa shape index (κ1) is 11.4. The van der Waals surface area contributed by atoms with Gasteiger partial charge in [-0.05, 0) is 19.3 Å². The molecule has 2 aliphatic rings. The summed E-state index contributed by atoms with van der Waals surface area (Å²) in [4.78, 5) is 26.0. The Bertz CT molecular complexity index is 298. The van der Waals surface area contributed by atoms with Crippen LogP contribution >= 0.6 is 0 Å². The number of aliphatic carboxylic acids is 1. The molecule has 2 heterocycles. The van der Waals surface area contributed by atoms with Gasteiger partial charge in [-0.15, -0.1) is 0 Å². The summed E-state index contributed by atoms with van der Waals surface area (Å²) in [6.45, 7) is 4.01. The molecule has 5 nitrogen and oxygen atoms in total. The number of rotatable bonds is 2. The normalized spacial score (nSPS) is 27.6. The van der Waals surface area contributed by atoms with Crippen LogP contribution in [-0.4, -0.2) is 58.5 Å². The second-order valence-corrected chi connectivity index (χ2v) is 4.62. The molecule has 0 aromatic carbocycles. The molecule has 2 aliphatic heterocycles. The number of carbonyl (C=O) groups excluding carboxylic acids is 1. The first-order valence-electron chi connectivity index (χ1n) is 5.83. The van der Waals surface area contributed by atoms with Gasteiger partial charge in [-0.1, -0.05) is 0 Å². The third-order valence-electron chi connectivity index (χ3n) is 3.72. The maximum Gasteiger partial charge on any atom is 0.320 e. The molecule has 0 radical (unpaired) electrons. The van der Waals surface area contributed by atoms with Crippen LogP contribution in [-0.2, 0) is 9.59 Å². The third-order valence-corrected chi connectivity index (χ3v) is 3.72. The minimum atomic E-state index is -0.708. The summed E-state index contributed by atoms with van der Waals surface area (Å²) in [5.74, 6) is -0.586. The SMILES string of the molecule is CC(=O)N1CCC(N2CCC2C(=O)O)CC1. The van der Waals surface area contributed by atoms with Gasteiger partial charge in [0.15, 0.2) is 0 Å². The van der Waals surface area contributed by atoms with Crippen LogP contribution in [0, 0.1) is 0 Å². The highest BCUT2D eigenvalue weighted by Crippen LogP contribution is 2.26. The molecule has 5 heteroatoms. The van der Waals surface area contributed by atoms with Crippen LogP contribution in [0.15, 0.2) is 0 Å². The Kier molecular flexibility index (Phi) is 3.14. The van der Waals surface area contributed by atoms with Crippen LogP contribution in [0.5, 0.6) is 0 Å². The van der Waals surface area contributed by atoms with Crippen LogP contribution in [0.4, 0.5) is 0 Å². The number of amides is 1. The van der Waals surface area contributed by atoms with E-state index < -0.39 is 5.97 Å². The van der Waals surface area contributed by atoms with Crippen molar-refractivity contribution in [3.05, 3.63) is 0 Å². The Hall–Kier alpha value is -1.10. The Morgan fingerprint density at radius 3 is 2.12 bits per heavy atom. The van der Waals surface area contributed by atoms with Gasteiger partial charge in [0.05, 0.1) is 0 Å². The molecule has 90 valence electrons. The molecule has 0 aromatic rings. The summed E-state index contributed by atoms with van der Waals surface area (Å²) < 4.78 is 0. The largest absolute Gasteiger partial charge is 0.480 e.